The second-order valence-electron chi connectivity index (χ2n) is 7.45. The second-order valence-corrected chi connectivity index (χ2v) is 7.45. The number of likely N-dealkylation sites (N-methyl/N-ethyl adjacent to an activating group) is 1. The van der Waals surface area contributed by atoms with Gasteiger partial charge in [-0.1, -0.05) is 6.07 Å². The Morgan fingerprint density at radius 2 is 1.77 bits per heavy atom. The third-order valence-electron chi connectivity index (χ3n) is 5.14. The van der Waals surface area contributed by atoms with E-state index in [4.69, 9.17) is 14.2 Å². The SMILES string of the molecule is COc1cc(OCC(=O)N(C)C(C)C)cc(-c2ccc(OC)c3nc(C)ccc23)c1. The summed E-state index contributed by atoms with van der Waals surface area (Å²) < 4.78 is 16.8. The van der Waals surface area contributed by atoms with E-state index in [-0.39, 0.29) is 18.6 Å². The van der Waals surface area contributed by atoms with Crippen molar-refractivity contribution in [1.82, 2.24) is 9.88 Å². The van der Waals surface area contributed by atoms with Crippen molar-refractivity contribution in [3.63, 3.8) is 0 Å². The predicted molar refractivity (Wildman–Crippen MR) is 118 cm³/mol. The summed E-state index contributed by atoms with van der Waals surface area (Å²) >= 11 is 0. The lowest BCUT2D eigenvalue weighted by Crippen LogP contribution is -2.36. The molecule has 0 aliphatic rings. The van der Waals surface area contributed by atoms with Crippen molar-refractivity contribution in [2.45, 2.75) is 26.8 Å². The number of methoxy groups -OCH3 is 2. The molecule has 0 N–H and O–H groups in total. The van der Waals surface area contributed by atoms with Gasteiger partial charge in [-0.2, -0.15) is 0 Å². The van der Waals surface area contributed by atoms with Crippen molar-refractivity contribution >= 4 is 16.8 Å². The summed E-state index contributed by atoms with van der Waals surface area (Å²) in [7, 11) is 5.02. The molecule has 3 rings (SSSR count). The fourth-order valence-electron chi connectivity index (χ4n) is 3.17. The van der Waals surface area contributed by atoms with Crippen molar-refractivity contribution < 1.29 is 19.0 Å². The molecule has 0 aliphatic heterocycles. The van der Waals surface area contributed by atoms with Crippen LogP contribution in [0.2, 0.25) is 0 Å². The van der Waals surface area contributed by atoms with E-state index in [1.165, 1.54) is 0 Å². The van der Waals surface area contributed by atoms with Gasteiger partial charge in [0.2, 0.25) is 0 Å². The maximum Gasteiger partial charge on any atom is 0.260 e. The summed E-state index contributed by atoms with van der Waals surface area (Å²) in [6.45, 7) is 5.85. The molecule has 0 radical (unpaired) electrons. The second kappa shape index (κ2) is 9.03. The number of pyridine rings is 1. The maximum absolute atomic E-state index is 12.3. The molecular formula is C24H28N2O4. The third-order valence-corrected chi connectivity index (χ3v) is 5.14. The summed E-state index contributed by atoms with van der Waals surface area (Å²) in [6, 6.07) is 13.7. The highest BCUT2D eigenvalue weighted by atomic mass is 16.5. The van der Waals surface area contributed by atoms with Gasteiger partial charge in [-0.05, 0) is 62.2 Å². The van der Waals surface area contributed by atoms with Gasteiger partial charge < -0.3 is 19.1 Å². The molecule has 0 bridgehead atoms. The van der Waals surface area contributed by atoms with Crippen LogP contribution in [0.3, 0.4) is 0 Å². The zero-order valence-electron chi connectivity index (χ0n) is 18.4. The van der Waals surface area contributed by atoms with Crippen LogP contribution in [0.1, 0.15) is 19.5 Å². The van der Waals surface area contributed by atoms with Crippen LogP contribution in [0.25, 0.3) is 22.0 Å². The van der Waals surface area contributed by atoms with Gasteiger partial charge in [0.05, 0.1) is 14.2 Å². The van der Waals surface area contributed by atoms with Crippen molar-refractivity contribution in [2.24, 2.45) is 0 Å². The molecule has 0 saturated carbocycles. The fraction of sp³-hybridized carbons (Fsp3) is 0.333. The van der Waals surface area contributed by atoms with Crippen LogP contribution in [0, 0.1) is 6.92 Å². The summed E-state index contributed by atoms with van der Waals surface area (Å²) in [5.41, 5.74) is 3.61. The molecule has 158 valence electrons. The molecule has 1 aromatic heterocycles. The van der Waals surface area contributed by atoms with Crippen LogP contribution in [0.4, 0.5) is 0 Å². The molecule has 1 heterocycles. The van der Waals surface area contributed by atoms with E-state index in [1.54, 1.807) is 32.2 Å². The highest BCUT2D eigenvalue weighted by molar-refractivity contribution is 5.98. The molecule has 0 saturated heterocycles. The molecule has 6 nitrogen and oxygen atoms in total. The van der Waals surface area contributed by atoms with E-state index in [9.17, 15) is 4.79 Å². The number of amides is 1. The fourth-order valence-corrected chi connectivity index (χ4v) is 3.17. The Morgan fingerprint density at radius 3 is 2.43 bits per heavy atom. The Morgan fingerprint density at radius 1 is 1.03 bits per heavy atom. The van der Waals surface area contributed by atoms with Gasteiger partial charge in [-0.25, -0.2) is 4.98 Å². The van der Waals surface area contributed by atoms with Crippen LogP contribution >= 0.6 is 0 Å². The van der Waals surface area contributed by atoms with Crippen molar-refractivity contribution in [2.75, 3.05) is 27.9 Å². The Kier molecular flexibility index (Phi) is 6.45. The molecule has 0 fully saturated rings. The lowest BCUT2D eigenvalue weighted by atomic mass is 9.99. The van der Waals surface area contributed by atoms with E-state index < -0.39 is 0 Å². The van der Waals surface area contributed by atoms with Gasteiger partial charge in [0, 0.05) is 30.2 Å². The topological polar surface area (TPSA) is 60.9 Å². The number of aryl methyl sites for hydroxylation is 1. The summed E-state index contributed by atoms with van der Waals surface area (Å²) in [6.07, 6.45) is 0. The normalized spacial score (nSPS) is 10.9. The molecule has 0 unspecified atom stereocenters. The highest BCUT2D eigenvalue weighted by Crippen LogP contribution is 2.37. The molecular weight excluding hydrogens is 380 g/mol. The standard InChI is InChI=1S/C24H28N2O4/c1-15(2)26(4)23(27)14-30-19-12-17(11-18(13-19)28-5)20-9-10-22(29-6)24-21(20)8-7-16(3)25-24/h7-13,15H,14H2,1-6H3. The highest BCUT2D eigenvalue weighted by Gasteiger charge is 2.15. The number of carbonyl (C=O) groups excluding carboxylic acids is 1. The number of fused-ring (bicyclic) bond motifs is 1. The molecule has 1 amide bonds. The Balaban J connectivity index is 2.01. The van der Waals surface area contributed by atoms with Gasteiger partial charge in [0.1, 0.15) is 22.8 Å². The van der Waals surface area contributed by atoms with Gasteiger partial charge in [-0.15, -0.1) is 0 Å². The van der Waals surface area contributed by atoms with Gasteiger partial charge in [0.15, 0.2) is 6.61 Å². The average molecular weight is 408 g/mol. The van der Waals surface area contributed by atoms with Gasteiger partial charge in [0.25, 0.3) is 5.91 Å². The summed E-state index contributed by atoms with van der Waals surface area (Å²) in [5, 5.41) is 0.967. The molecule has 2 aromatic carbocycles. The maximum atomic E-state index is 12.3. The molecule has 0 aliphatic carbocycles. The number of hydrogen-bond acceptors (Lipinski definition) is 5. The first-order valence-corrected chi connectivity index (χ1v) is 9.86. The van der Waals surface area contributed by atoms with Crippen LogP contribution in [-0.4, -0.2) is 49.7 Å². The minimum atomic E-state index is -0.0797. The monoisotopic (exact) mass is 408 g/mol. The first kappa shape index (κ1) is 21.4. The van der Waals surface area contributed by atoms with Crippen LogP contribution in [0.15, 0.2) is 42.5 Å². The van der Waals surface area contributed by atoms with E-state index in [2.05, 4.69) is 4.98 Å². The largest absolute Gasteiger partial charge is 0.497 e. The lowest BCUT2D eigenvalue weighted by Gasteiger charge is -2.21. The van der Waals surface area contributed by atoms with E-state index in [0.29, 0.717) is 11.5 Å². The van der Waals surface area contributed by atoms with Crippen molar-refractivity contribution in [3.8, 4) is 28.4 Å². The lowest BCUT2D eigenvalue weighted by molar-refractivity contribution is -0.133. The molecule has 0 atom stereocenters. The van der Waals surface area contributed by atoms with Crippen LogP contribution < -0.4 is 14.2 Å². The first-order valence-electron chi connectivity index (χ1n) is 9.86. The number of benzene rings is 2. The van der Waals surface area contributed by atoms with E-state index in [1.807, 2.05) is 57.2 Å². The minimum absolute atomic E-state index is 0.0363. The summed E-state index contributed by atoms with van der Waals surface area (Å²) in [5.74, 6) is 1.86. The molecule has 6 heteroatoms. The molecule has 30 heavy (non-hydrogen) atoms. The smallest absolute Gasteiger partial charge is 0.260 e. The number of nitrogens with zero attached hydrogens (tertiary/aromatic N) is 2. The zero-order chi connectivity index (χ0) is 21.8. The Bertz CT molecular complexity index is 1060. The number of carbonyl (C=O) groups is 1. The predicted octanol–water partition coefficient (Wildman–Crippen LogP) is 4.47. The zero-order valence-corrected chi connectivity index (χ0v) is 18.4. The number of hydrogen-bond donors (Lipinski definition) is 0. The van der Waals surface area contributed by atoms with Crippen molar-refractivity contribution in [1.29, 1.82) is 0 Å². The van der Waals surface area contributed by atoms with Gasteiger partial charge in [-0.3, -0.25) is 4.79 Å². The Labute approximate surface area is 177 Å². The number of aromatic nitrogens is 1. The van der Waals surface area contributed by atoms with E-state index in [0.717, 1.165) is 33.5 Å². The molecule has 3 aromatic rings. The minimum Gasteiger partial charge on any atom is -0.497 e. The average Bonchev–Trinajstić information content (AvgIpc) is 2.75. The van der Waals surface area contributed by atoms with Gasteiger partial charge >= 0.3 is 0 Å². The molecule has 0 spiro atoms. The number of rotatable bonds is 7. The van der Waals surface area contributed by atoms with Crippen LogP contribution in [0.5, 0.6) is 17.2 Å². The summed E-state index contributed by atoms with van der Waals surface area (Å²) in [4.78, 5) is 18.6. The number of ether oxygens (including phenoxy) is 3. The first-order chi connectivity index (χ1) is 14.3. The van der Waals surface area contributed by atoms with Crippen molar-refractivity contribution in [3.05, 3.63) is 48.2 Å². The Hall–Kier alpha value is -3.28. The van der Waals surface area contributed by atoms with Crippen LogP contribution in [-0.2, 0) is 4.79 Å². The quantitative estimate of drug-likeness (QED) is 0.577. The third kappa shape index (κ3) is 4.48. The van der Waals surface area contributed by atoms with E-state index >= 15 is 0 Å².